The van der Waals surface area contributed by atoms with Crippen molar-refractivity contribution in [1.29, 1.82) is 0 Å². The fourth-order valence-corrected chi connectivity index (χ4v) is 5.24. The zero-order chi connectivity index (χ0) is 24.6. The van der Waals surface area contributed by atoms with Crippen LogP contribution in [0.3, 0.4) is 0 Å². The molecule has 2 amide bonds. The van der Waals surface area contributed by atoms with E-state index < -0.39 is 28.0 Å². The fourth-order valence-electron chi connectivity index (χ4n) is 3.60. The van der Waals surface area contributed by atoms with Gasteiger partial charge < -0.3 is 10.6 Å². The van der Waals surface area contributed by atoms with E-state index >= 15 is 0 Å². The first-order valence-electron chi connectivity index (χ1n) is 9.89. The SMILES string of the molecule is O=C(NCc1cccnc1)c1cc(NC(=O)C2C(c3cc(Cl)c(Cl)c(Cl)c3)C2(Cl)Cl)ccc1Cl. The van der Waals surface area contributed by atoms with Crippen LogP contribution in [-0.4, -0.2) is 21.1 Å². The highest BCUT2D eigenvalue weighted by molar-refractivity contribution is 6.54. The fraction of sp³-hybridized carbons (Fsp3) is 0.174. The molecule has 3 aromatic rings. The third-order valence-electron chi connectivity index (χ3n) is 5.36. The molecule has 5 nitrogen and oxygen atoms in total. The van der Waals surface area contributed by atoms with Crippen molar-refractivity contribution >= 4 is 87.1 Å². The van der Waals surface area contributed by atoms with Gasteiger partial charge in [0.05, 0.1) is 31.6 Å². The lowest BCUT2D eigenvalue weighted by Crippen LogP contribution is -2.23. The molecule has 0 bridgehead atoms. The van der Waals surface area contributed by atoms with Crippen LogP contribution in [0.25, 0.3) is 0 Å². The van der Waals surface area contributed by atoms with Gasteiger partial charge in [-0.3, -0.25) is 14.6 Å². The Morgan fingerprint density at radius 3 is 2.32 bits per heavy atom. The lowest BCUT2D eigenvalue weighted by Gasteiger charge is -2.10. The van der Waals surface area contributed by atoms with Gasteiger partial charge in [0.2, 0.25) is 5.91 Å². The Morgan fingerprint density at radius 2 is 1.68 bits per heavy atom. The molecule has 1 aliphatic carbocycles. The summed E-state index contributed by atoms with van der Waals surface area (Å²) in [6, 6.07) is 11.4. The van der Waals surface area contributed by atoms with Crippen LogP contribution in [0.2, 0.25) is 20.1 Å². The summed E-state index contributed by atoms with van der Waals surface area (Å²) in [5, 5.41) is 6.44. The number of aromatic nitrogens is 1. The van der Waals surface area contributed by atoms with E-state index in [1.807, 2.05) is 6.07 Å². The van der Waals surface area contributed by atoms with Crippen LogP contribution in [0.15, 0.2) is 54.9 Å². The number of anilines is 1. The number of nitrogens with zero attached hydrogens (tertiary/aromatic N) is 1. The Morgan fingerprint density at radius 1 is 0.971 bits per heavy atom. The molecule has 4 rings (SSSR count). The highest BCUT2D eigenvalue weighted by Crippen LogP contribution is 2.65. The Kier molecular flexibility index (Phi) is 7.53. The number of carbonyl (C=O) groups excluding carboxylic acids is 2. The highest BCUT2D eigenvalue weighted by Gasteiger charge is 2.67. The van der Waals surface area contributed by atoms with E-state index in [0.29, 0.717) is 11.3 Å². The van der Waals surface area contributed by atoms with Gasteiger partial charge in [0.15, 0.2) is 0 Å². The number of benzene rings is 2. The van der Waals surface area contributed by atoms with Gasteiger partial charge >= 0.3 is 0 Å². The molecule has 1 saturated carbocycles. The quantitative estimate of drug-likeness (QED) is 0.241. The Hall–Kier alpha value is -1.73. The molecule has 1 heterocycles. The lowest BCUT2D eigenvalue weighted by atomic mass is 10.1. The summed E-state index contributed by atoms with van der Waals surface area (Å²) in [6.45, 7) is 0.274. The van der Waals surface area contributed by atoms with E-state index in [-0.39, 0.29) is 32.2 Å². The third-order valence-corrected chi connectivity index (χ3v) is 7.82. The molecule has 2 N–H and O–H groups in total. The number of alkyl halides is 2. The summed E-state index contributed by atoms with van der Waals surface area (Å²) in [7, 11) is 0. The number of hydrogen-bond donors (Lipinski definition) is 2. The minimum absolute atomic E-state index is 0.204. The van der Waals surface area contributed by atoms with Crippen molar-refractivity contribution < 1.29 is 9.59 Å². The first-order chi connectivity index (χ1) is 16.1. The summed E-state index contributed by atoms with van der Waals surface area (Å²) >= 11 is 37.3. The molecule has 2 unspecified atom stereocenters. The first-order valence-corrected chi connectivity index (χ1v) is 12.2. The second-order valence-corrected chi connectivity index (χ2v) is 10.7. The lowest BCUT2D eigenvalue weighted by molar-refractivity contribution is -0.117. The summed E-state index contributed by atoms with van der Waals surface area (Å²) < 4.78 is -1.36. The minimum Gasteiger partial charge on any atom is -0.348 e. The van der Waals surface area contributed by atoms with Crippen LogP contribution in [0.4, 0.5) is 5.69 Å². The van der Waals surface area contributed by atoms with E-state index in [9.17, 15) is 9.59 Å². The molecule has 2 aromatic carbocycles. The number of carbonyl (C=O) groups is 2. The average molecular weight is 578 g/mol. The van der Waals surface area contributed by atoms with E-state index in [1.54, 1.807) is 36.7 Å². The molecule has 1 aromatic heterocycles. The third kappa shape index (κ3) is 5.25. The van der Waals surface area contributed by atoms with Crippen LogP contribution >= 0.6 is 69.6 Å². The van der Waals surface area contributed by atoms with Crippen LogP contribution in [0.5, 0.6) is 0 Å². The van der Waals surface area contributed by atoms with Gasteiger partial charge in [0.1, 0.15) is 4.33 Å². The van der Waals surface area contributed by atoms with Gasteiger partial charge in [0.25, 0.3) is 5.91 Å². The largest absolute Gasteiger partial charge is 0.348 e. The van der Waals surface area contributed by atoms with Gasteiger partial charge in [-0.15, -0.1) is 23.2 Å². The molecule has 0 saturated heterocycles. The number of nitrogens with one attached hydrogen (secondary N) is 2. The maximum Gasteiger partial charge on any atom is 0.253 e. The molecule has 11 heteroatoms. The van der Waals surface area contributed by atoms with Crippen molar-refractivity contribution in [1.82, 2.24) is 10.3 Å². The number of pyridine rings is 1. The summed E-state index contributed by atoms with van der Waals surface area (Å²) in [5.74, 6) is -2.15. The van der Waals surface area contributed by atoms with Crippen molar-refractivity contribution in [3.63, 3.8) is 0 Å². The zero-order valence-electron chi connectivity index (χ0n) is 17.1. The summed E-state index contributed by atoms with van der Waals surface area (Å²) in [4.78, 5) is 29.6. The highest BCUT2D eigenvalue weighted by atomic mass is 35.5. The standard InChI is InChI=1S/C23H15Cl6N3O2/c24-15-4-3-13(8-14(15)21(33)31-10-11-2-1-5-30-9-11)32-22(34)19-18(23(19,28)29)12-6-16(25)20(27)17(26)7-12/h1-9,18-19H,10H2,(H,31,33)(H,32,34). The van der Waals surface area contributed by atoms with Crippen molar-refractivity contribution in [3.05, 3.63) is 91.6 Å². The van der Waals surface area contributed by atoms with Gasteiger partial charge in [-0.2, -0.15) is 0 Å². The molecular weight excluding hydrogens is 563 g/mol. The molecule has 0 radical (unpaired) electrons. The number of rotatable bonds is 6. The van der Waals surface area contributed by atoms with Gasteiger partial charge in [-0.1, -0.05) is 52.5 Å². The number of halogens is 6. The minimum atomic E-state index is -1.36. The normalized spacial score (nSPS) is 18.3. The number of amides is 2. The monoisotopic (exact) mass is 575 g/mol. The molecule has 0 spiro atoms. The van der Waals surface area contributed by atoms with E-state index in [4.69, 9.17) is 69.6 Å². The second kappa shape index (κ2) is 10.1. The van der Waals surface area contributed by atoms with E-state index in [2.05, 4.69) is 15.6 Å². The molecule has 1 aliphatic rings. The van der Waals surface area contributed by atoms with Gasteiger partial charge in [-0.05, 0) is 47.5 Å². The average Bonchev–Trinajstić information content (AvgIpc) is 3.39. The molecule has 34 heavy (non-hydrogen) atoms. The first kappa shape index (κ1) is 25.4. The molecule has 0 aliphatic heterocycles. The predicted octanol–water partition coefficient (Wildman–Crippen LogP) is 7.15. The van der Waals surface area contributed by atoms with Gasteiger partial charge in [-0.25, -0.2) is 0 Å². The Bertz CT molecular complexity index is 1250. The van der Waals surface area contributed by atoms with Gasteiger partial charge in [0, 0.05) is 30.5 Å². The Balaban J connectivity index is 1.47. The predicted molar refractivity (Wildman–Crippen MR) is 138 cm³/mol. The summed E-state index contributed by atoms with van der Waals surface area (Å²) in [5.41, 5.74) is 1.99. The maximum atomic E-state index is 13.0. The smallest absolute Gasteiger partial charge is 0.253 e. The second-order valence-electron chi connectivity index (χ2n) is 7.66. The van der Waals surface area contributed by atoms with Crippen LogP contribution in [-0.2, 0) is 11.3 Å². The van der Waals surface area contributed by atoms with Crippen molar-refractivity contribution in [2.45, 2.75) is 16.8 Å². The van der Waals surface area contributed by atoms with Crippen LogP contribution in [0, 0.1) is 5.92 Å². The molecule has 2 atom stereocenters. The number of hydrogen-bond acceptors (Lipinski definition) is 3. The molecule has 176 valence electrons. The maximum absolute atomic E-state index is 13.0. The van der Waals surface area contributed by atoms with Crippen molar-refractivity contribution in [2.75, 3.05) is 5.32 Å². The van der Waals surface area contributed by atoms with Crippen molar-refractivity contribution in [3.8, 4) is 0 Å². The van der Waals surface area contributed by atoms with Crippen LogP contribution < -0.4 is 10.6 Å². The van der Waals surface area contributed by atoms with E-state index in [1.165, 1.54) is 12.1 Å². The molecule has 1 fully saturated rings. The van der Waals surface area contributed by atoms with Crippen LogP contribution in [0.1, 0.15) is 27.4 Å². The zero-order valence-corrected chi connectivity index (χ0v) is 21.6. The Labute approximate surface area is 225 Å². The molecular formula is C23H15Cl6N3O2. The topological polar surface area (TPSA) is 71.1 Å². The van der Waals surface area contributed by atoms with E-state index in [0.717, 1.165) is 5.56 Å². The van der Waals surface area contributed by atoms with Crippen molar-refractivity contribution in [2.24, 2.45) is 5.92 Å². The summed E-state index contributed by atoms with van der Waals surface area (Å²) in [6.07, 6.45) is 3.29.